The third-order valence-electron chi connectivity index (χ3n) is 3.61. The molecule has 0 amide bonds. The summed E-state index contributed by atoms with van der Waals surface area (Å²) in [5.41, 5.74) is 5.97. The molecular formula is C16H14N4O3. The zero-order chi connectivity index (χ0) is 17.3. The topological polar surface area (TPSA) is 136 Å². The molecule has 1 heterocycles. The normalized spacial score (nSPS) is 9.96. The van der Waals surface area contributed by atoms with Crippen LogP contribution in [0.2, 0.25) is 0 Å². The first kappa shape index (κ1) is 15.9. The largest absolute Gasteiger partial charge is 0.507 e. The van der Waals surface area contributed by atoms with Crippen molar-refractivity contribution >= 4 is 5.82 Å². The number of hydrogen-bond donors (Lipinski definition) is 3. The van der Waals surface area contributed by atoms with Gasteiger partial charge in [-0.15, -0.1) is 0 Å². The molecule has 0 bridgehead atoms. The van der Waals surface area contributed by atoms with Gasteiger partial charge in [0.15, 0.2) is 0 Å². The molecule has 7 nitrogen and oxygen atoms in total. The number of methoxy groups -OCH3 is 1. The lowest BCUT2D eigenvalue weighted by atomic mass is 9.91. The van der Waals surface area contributed by atoms with Crippen LogP contribution in [0.3, 0.4) is 0 Å². The zero-order valence-electron chi connectivity index (χ0n) is 12.8. The van der Waals surface area contributed by atoms with Crippen LogP contribution in [0.25, 0.3) is 11.1 Å². The predicted octanol–water partition coefficient (Wildman–Crippen LogP) is 1.70. The molecule has 4 N–H and O–H groups in total. The number of nitrogens with one attached hydrogen (secondary N) is 1. The number of nitrogens with zero attached hydrogens (tertiary/aromatic N) is 2. The van der Waals surface area contributed by atoms with E-state index >= 15 is 0 Å². The Balaban J connectivity index is 3.09. The summed E-state index contributed by atoms with van der Waals surface area (Å²) in [7, 11) is 1.47. The number of ether oxygens (including phenoxy) is 1. The van der Waals surface area contributed by atoms with E-state index in [-0.39, 0.29) is 33.8 Å². The van der Waals surface area contributed by atoms with Gasteiger partial charge in [-0.25, -0.2) is 0 Å². The number of phenols is 1. The highest BCUT2D eigenvalue weighted by Gasteiger charge is 2.24. The first-order chi connectivity index (χ1) is 10.9. The van der Waals surface area contributed by atoms with Crippen LogP contribution in [0.1, 0.15) is 22.3 Å². The summed E-state index contributed by atoms with van der Waals surface area (Å²) in [6.07, 6.45) is 0. The number of nitriles is 2. The Morgan fingerprint density at radius 1 is 1.22 bits per heavy atom. The Labute approximate surface area is 132 Å². The van der Waals surface area contributed by atoms with Gasteiger partial charge < -0.3 is 20.6 Å². The van der Waals surface area contributed by atoms with E-state index in [1.165, 1.54) is 13.2 Å². The van der Waals surface area contributed by atoms with Crippen LogP contribution in [0.4, 0.5) is 5.82 Å². The van der Waals surface area contributed by atoms with Crippen LogP contribution in [0.15, 0.2) is 10.9 Å². The van der Waals surface area contributed by atoms with Gasteiger partial charge in [-0.3, -0.25) is 4.79 Å². The smallest absolute Gasteiger partial charge is 0.268 e. The molecule has 116 valence electrons. The summed E-state index contributed by atoms with van der Waals surface area (Å²) in [4.78, 5) is 14.3. The maximum atomic E-state index is 12.0. The monoisotopic (exact) mass is 310 g/mol. The second-order valence-corrected chi connectivity index (χ2v) is 4.96. The molecule has 0 unspecified atom stereocenters. The highest BCUT2D eigenvalue weighted by Crippen LogP contribution is 2.42. The van der Waals surface area contributed by atoms with Crippen molar-refractivity contribution in [3.05, 3.63) is 38.7 Å². The first-order valence-corrected chi connectivity index (χ1v) is 6.60. The molecule has 2 aromatic rings. The van der Waals surface area contributed by atoms with E-state index in [9.17, 15) is 20.4 Å². The summed E-state index contributed by atoms with van der Waals surface area (Å²) in [6, 6.07) is 5.09. The quantitative estimate of drug-likeness (QED) is 0.772. The summed E-state index contributed by atoms with van der Waals surface area (Å²) in [5.74, 6) is 0.160. The highest BCUT2D eigenvalue weighted by atomic mass is 16.5. The lowest BCUT2D eigenvalue weighted by Crippen LogP contribution is -2.16. The summed E-state index contributed by atoms with van der Waals surface area (Å²) >= 11 is 0. The van der Waals surface area contributed by atoms with Crippen molar-refractivity contribution in [1.29, 1.82) is 10.5 Å². The number of nitrogens with two attached hydrogens (primary N) is 1. The molecule has 0 fully saturated rings. The van der Waals surface area contributed by atoms with Crippen LogP contribution in [-0.2, 0) is 0 Å². The fraction of sp³-hybridized carbons (Fsp3) is 0.188. The van der Waals surface area contributed by atoms with Gasteiger partial charge in [-0.05, 0) is 25.5 Å². The number of anilines is 1. The van der Waals surface area contributed by atoms with Gasteiger partial charge in [0, 0.05) is 16.7 Å². The van der Waals surface area contributed by atoms with E-state index in [1.54, 1.807) is 19.9 Å². The lowest BCUT2D eigenvalue weighted by Gasteiger charge is -2.17. The number of benzene rings is 1. The fourth-order valence-electron chi connectivity index (χ4n) is 2.67. The number of aryl methyl sites for hydroxylation is 1. The number of aromatic nitrogens is 1. The van der Waals surface area contributed by atoms with Crippen molar-refractivity contribution in [1.82, 2.24) is 4.98 Å². The van der Waals surface area contributed by atoms with Crippen LogP contribution < -0.4 is 16.0 Å². The van der Waals surface area contributed by atoms with E-state index in [4.69, 9.17) is 10.5 Å². The number of aromatic hydroxyl groups is 1. The van der Waals surface area contributed by atoms with Crippen LogP contribution in [-0.4, -0.2) is 17.2 Å². The van der Waals surface area contributed by atoms with Gasteiger partial charge in [0.2, 0.25) is 0 Å². The molecule has 0 spiro atoms. The molecule has 0 saturated carbocycles. The molecule has 0 atom stereocenters. The molecule has 2 rings (SSSR count). The highest BCUT2D eigenvalue weighted by molar-refractivity contribution is 5.86. The molecular weight excluding hydrogens is 296 g/mol. The Morgan fingerprint density at radius 2 is 1.83 bits per heavy atom. The second-order valence-electron chi connectivity index (χ2n) is 4.96. The van der Waals surface area contributed by atoms with Crippen molar-refractivity contribution in [2.24, 2.45) is 0 Å². The van der Waals surface area contributed by atoms with Crippen LogP contribution >= 0.6 is 0 Å². The second kappa shape index (κ2) is 5.74. The molecule has 0 aliphatic carbocycles. The average Bonchev–Trinajstić information content (AvgIpc) is 2.47. The molecule has 0 aliphatic rings. The van der Waals surface area contributed by atoms with E-state index < -0.39 is 5.56 Å². The van der Waals surface area contributed by atoms with Gasteiger partial charge >= 0.3 is 0 Å². The van der Waals surface area contributed by atoms with E-state index in [0.29, 0.717) is 16.9 Å². The first-order valence-electron chi connectivity index (χ1n) is 6.60. The predicted molar refractivity (Wildman–Crippen MR) is 84.0 cm³/mol. The summed E-state index contributed by atoms with van der Waals surface area (Å²) < 4.78 is 5.31. The number of rotatable bonds is 2. The summed E-state index contributed by atoms with van der Waals surface area (Å²) in [5, 5.41) is 29.0. The Kier molecular flexibility index (Phi) is 3.98. The van der Waals surface area contributed by atoms with E-state index in [1.807, 2.05) is 6.07 Å². The summed E-state index contributed by atoms with van der Waals surface area (Å²) in [6.45, 7) is 3.42. The van der Waals surface area contributed by atoms with Gasteiger partial charge in [-0.1, -0.05) is 0 Å². The van der Waals surface area contributed by atoms with Gasteiger partial charge in [0.05, 0.1) is 7.11 Å². The molecule has 7 heteroatoms. The number of hydrogen-bond acceptors (Lipinski definition) is 6. The van der Waals surface area contributed by atoms with Crippen LogP contribution in [0, 0.1) is 36.5 Å². The van der Waals surface area contributed by atoms with Crippen molar-refractivity contribution in [3.8, 4) is 34.8 Å². The number of phenolic OH excluding ortho intramolecular Hbond substituents is 1. The fourth-order valence-corrected chi connectivity index (χ4v) is 2.67. The number of aromatic amines is 1. The third-order valence-corrected chi connectivity index (χ3v) is 3.61. The minimum atomic E-state index is -0.725. The van der Waals surface area contributed by atoms with Gasteiger partial charge in [0.25, 0.3) is 5.56 Å². The molecule has 1 aromatic heterocycles. The van der Waals surface area contributed by atoms with E-state index in [2.05, 4.69) is 4.98 Å². The standard InChI is InChI=1S/C16H14N4O3/c1-7-4-11(21)12(8(2)14(7)23-3)13-9(5-17)15(19)20-16(22)10(13)6-18/h4,21H,1-3H3,(H3,19,20,22). The SMILES string of the molecule is COc1c(C)cc(O)c(-c2c(C#N)c(N)[nH]c(=O)c2C#N)c1C. The zero-order valence-corrected chi connectivity index (χ0v) is 12.8. The third kappa shape index (κ3) is 2.34. The number of H-pyrrole nitrogens is 1. The molecule has 0 saturated heterocycles. The maximum Gasteiger partial charge on any atom is 0.268 e. The van der Waals surface area contributed by atoms with Gasteiger partial charge in [0.1, 0.15) is 40.6 Å². The molecule has 1 aromatic carbocycles. The maximum absolute atomic E-state index is 12.0. The number of pyridine rings is 1. The minimum absolute atomic E-state index is 0.00421. The van der Waals surface area contributed by atoms with Crippen LogP contribution in [0.5, 0.6) is 11.5 Å². The Bertz CT molecular complexity index is 946. The lowest BCUT2D eigenvalue weighted by molar-refractivity contribution is 0.406. The van der Waals surface area contributed by atoms with Crippen molar-refractivity contribution < 1.29 is 9.84 Å². The minimum Gasteiger partial charge on any atom is -0.507 e. The Morgan fingerprint density at radius 3 is 2.35 bits per heavy atom. The Hall–Kier alpha value is -3.45. The average molecular weight is 310 g/mol. The van der Waals surface area contributed by atoms with E-state index in [0.717, 1.165) is 0 Å². The van der Waals surface area contributed by atoms with Crippen molar-refractivity contribution in [3.63, 3.8) is 0 Å². The van der Waals surface area contributed by atoms with Crippen molar-refractivity contribution in [2.75, 3.05) is 12.8 Å². The van der Waals surface area contributed by atoms with Crippen molar-refractivity contribution in [2.45, 2.75) is 13.8 Å². The van der Waals surface area contributed by atoms with Gasteiger partial charge in [-0.2, -0.15) is 10.5 Å². The molecule has 0 radical (unpaired) electrons. The molecule has 23 heavy (non-hydrogen) atoms. The number of nitrogen functional groups attached to an aromatic ring is 1. The molecule has 0 aliphatic heterocycles.